The zero-order valence-corrected chi connectivity index (χ0v) is 11.9. The van der Waals surface area contributed by atoms with E-state index in [1.807, 2.05) is 0 Å². The lowest BCUT2D eigenvalue weighted by molar-refractivity contribution is 0.171. The monoisotopic (exact) mass is 248 g/mol. The maximum Gasteiger partial charge on any atom is 0.122 e. The average molecular weight is 248 g/mol. The predicted octanol–water partition coefficient (Wildman–Crippen LogP) is 1.84. The van der Waals surface area contributed by atoms with Crippen molar-refractivity contribution in [3.63, 3.8) is 0 Å². The topological polar surface area (TPSA) is 24.5 Å². The van der Waals surface area contributed by atoms with Gasteiger partial charge in [0.1, 0.15) is 5.75 Å². The van der Waals surface area contributed by atoms with Crippen molar-refractivity contribution < 1.29 is 4.74 Å². The molecule has 1 fully saturated rings. The van der Waals surface area contributed by atoms with Gasteiger partial charge in [0, 0.05) is 12.1 Å². The number of nitrogens with zero attached hydrogens (tertiary/aromatic N) is 1. The average Bonchev–Trinajstić information content (AvgIpc) is 2.79. The van der Waals surface area contributed by atoms with Crippen molar-refractivity contribution >= 4 is 0 Å². The van der Waals surface area contributed by atoms with Gasteiger partial charge < -0.3 is 15.0 Å². The van der Waals surface area contributed by atoms with Crippen LogP contribution in [0.1, 0.15) is 17.5 Å². The first kappa shape index (κ1) is 13.4. The number of methoxy groups -OCH3 is 1. The molecule has 0 spiro atoms. The van der Waals surface area contributed by atoms with Crippen LogP contribution >= 0.6 is 0 Å². The van der Waals surface area contributed by atoms with Crippen molar-refractivity contribution in [2.45, 2.75) is 25.3 Å². The van der Waals surface area contributed by atoms with Crippen molar-refractivity contribution in [3.05, 3.63) is 29.3 Å². The van der Waals surface area contributed by atoms with E-state index in [2.05, 4.69) is 49.4 Å². The zero-order chi connectivity index (χ0) is 13.2. The lowest BCUT2D eigenvalue weighted by Crippen LogP contribution is -2.48. The Bertz CT molecular complexity index is 409. The SMILES string of the molecule is COc1ccc(C)cc1CC1(N(C)C)CCNC1. The number of hydrogen-bond donors (Lipinski definition) is 1. The third kappa shape index (κ3) is 2.52. The van der Waals surface area contributed by atoms with Gasteiger partial charge in [0.25, 0.3) is 0 Å². The molecular formula is C15H24N2O. The molecule has 100 valence electrons. The molecule has 1 atom stereocenters. The molecule has 1 aromatic rings. The second-order valence-electron chi connectivity index (χ2n) is 5.54. The van der Waals surface area contributed by atoms with Crippen LogP contribution in [0.2, 0.25) is 0 Å². The summed E-state index contributed by atoms with van der Waals surface area (Å²) in [6, 6.07) is 6.44. The number of nitrogens with one attached hydrogen (secondary N) is 1. The van der Waals surface area contributed by atoms with Crippen LogP contribution in [0.3, 0.4) is 0 Å². The summed E-state index contributed by atoms with van der Waals surface area (Å²) in [6.07, 6.45) is 2.23. The summed E-state index contributed by atoms with van der Waals surface area (Å²) >= 11 is 0. The van der Waals surface area contributed by atoms with E-state index in [0.29, 0.717) is 0 Å². The summed E-state index contributed by atoms with van der Waals surface area (Å²) in [6.45, 7) is 4.29. The molecule has 1 aliphatic rings. The van der Waals surface area contributed by atoms with E-state index in [1.165, 1.54) is 17.5 Å². The Balaban J connectivity index is 2.29. The highest BCUT2D eigenvalue weighted by Gasteiger charge is 2.36. The van der Waals surface area contributed by atoms with Crippen LogP contribution in [0.15, 0.2) is 18.2 Å². The minimum atomic E-state index is 0.223. The van der Waals surface area contributed by atoms with E-state index in [0.717, 1.165) is 25.3 Å². The Kier molecular flexibility index (Phi) is 3.93. The highest BCUT2D eigenvalue weighted by atomic mass is 16.5. The van der Waals surface area contributed by atoms with Crippen LogP contribution in [-0.4, -0.2) is 44.7 Å². The van der Waals surface area contributed by atoms with Crippen LogP contribution in [0.4, 0.5) is 0 Å². The molecule has 1 N–H and O–H groups in total. The number of benzene rings is 1. The molecule has 0 aliphatic carbocycles. The highest BCUT2D eigenvalue weighted by molar-refractivity contribution is 5.38. The van der Waals surface area contributed by atoms with E-state index < -0.39 is 0 Å². The lowest BCUT2D eigenvalue weighted by Gasteiger charge is -2.36. The van der Waals surface area contributed by atoms with E-state index in [9.17, 15) is 0 Å². The largest absolute Gasteiger partial charge is 0.496 e. The Hall–Kier alpha value is -1.06. The van der Waals surface area contributed by atoms with Gasteiger partial charge in [0.05, 0.1) is 7.11 Å². The summed E-state index contributed by atoms with van der Waals surface area (Å²) in [7, 11) is 6.11. The minimum absolute atomic E-state index is 0.223. The molecule has 0 radical (unpaired) electrons. The third-order valence-corrected chi connectivity index (χ3v) is 4.13. The molecule has 0 aromatic heterocycles. The van der Waals surface area contributed by atoms with E-state index >= 15 is 0 Å². The van der Waals surface area contributed by atoms with Gasteiger partial charge in [-0.1, -0.05) is 17.7 Å². The molecule has 0 amide bonds. The van der Waals surface area contributed by atoms with Crippen molar-refractivity contribution in [2.24, 2.45) is 0 Å². The first-order chi connectivity index (χ1) is 8.57. The van der Waals surface area contributed by atoms with Gasteiger partial charge in [0.15, 0.2) is 0 Å². The Morgan fingerprint density at radius 3 is 2.72 bits per heavy atom. The van der Waals surface area contributed by atoms with Gasteiger partial charge in [-0.25, -0.2) is 0 Å². The van der Waals surface area contributed by atoms with Gasteiger partial charge in [0.2, 0.25) is 0 Å². The number of hydrogen-bond acceptors (Lipinski definition) is 3. The molecule has 1 saturated heterocycles. The molecule has 3 heteroatoms. The van der Waals surface area contributed by atoms with Crippen molar-refractivity contribution in [3.8, 4) is 5.75 Å². The van der Waals surface area contributed by atoms with Crippen LogP contribution in [0.5, 0.6) is 5.75 Å². The third-order valence-electron chi connectivity index (χ3n) is 4.13. The zero-order valence-electron chi connectivity index (χ0n) is 11.9. The van der Waals surface area contributed by atoms with Crippen LogP contribution < -0.4 is 10.1 Å². The van der Waals surface area contributed by atoms with Crippen LogP contribution in [0, 0.1) is 6.92 Å². The predicted molar refractivity (Wildman–Crippen MR) is 75.3 cm³/mol. The summed E-state index contributed by atoms with van der Waals surface area (Å²) in [4.78, 5) is 2.36. The standard InChI is InChI=1S/C15H24N2O/c1-12-5-6-14(18-4)13(9-12)10-15(17(2)3)7-8-16-11-15/h5-6,9,16H,7-8,10-11H2,1-4H3. The fourth-order valence-electron chi connectivity index (χ4n) is 2.82. The van der Waals surface area contributed by atoms with Crippen molar-refractivity contribution in [1.29, 1.82) is 0 Å². The molecule has 1 aliphatic heterocycles. The molecule has 3 nitrogen and oxygen atoms in total. The summed E-state index contributed by atoms with van der Waals surface area (Å²) in [5.74, 6) is 1.01. The lowest BCUT2D eigenvalue weighted by atomic mass is 9.88. The van der Waals surface area contributed by atoms with Gasteiger partial charge in [-0.05, 0) is 52.0 Å². The fourth-order valence-corrected chi connectivity index (χ4v) is 2.82. The fraction of sp³-hybridized carbons (Fsp3) is 0.600. The van der Waals surface area contributed by atoms with Crippen molar-refractivity contribution in [2.75, 3.05) is 34.3 Å². The molecule has 2 rings (SSSR count). The molecule has 1 aromatic carbocycles. The number of rotatable bonds is 4. The number of likely N-dealkylation sites (N-methyl/N-ethyl adjacent to an activating group) is 1. The van der Waals surface area contributed by atoms with Crippen molar-refractivity contribution in [1.82, 2.24) is 10.2 Å². The molecule has 0 bridgehead atoms. The Morgan fingerprint density at radius 1 is 1.39 bits per heavy atom. The smallest absolute Gasteiger partial charge is 0.122 e. The molecular weight excluding hydrogens is 224 g/mol. The molecule has 0 saturated carbocycles. The maximum absolute atomic E-state index is 5.50. The maximum atomic E-state index is 5.50. The summed E-state index contributed by atoms with van der Waals surface area (Å²) in [5.41, 5.74) is 2.83. The van der Waals surface area contributed by atoms with Gasteiger partial charge in [-0.3, -0.25) is 0 Å². The summed E-state index contributed by atoms with van der Waals surface area (Å²) in [5, 5.41) is 3.48. The van der Waals surface area contributed by atoms with E-state index in [1.54, 1.807) is 7.11 Å². The minimum Gasteiger partial charge on any atom is -0.496 e. The van der Waals surface area contributed by atoms with E-state index in [-0.39, 0.29) is 5.54 Å². The van der Waals surface area contributed by atoms with E-state index in [4.69, 9.17) is 4.74 Å². The second kappa shape index (κ2) is 5.29. The number of ether oxygens (including phenoxy) is 1. The first-order valence-corrected chi connectivity index (χ1v) is 6.59. The normalized spacial score (nSPS) is 23.6. The first-order valence-electron chi connectivity index (χ1n) is 6.59. The van der Waals surface area contributed by atoms with Gasteiger partial charge >= 0.3 is 0 Å². The summed E-state index contributed by atoms with van der Waals surface area (Å²) < 4.78 is 5.50. The molecule has 18 heavy (non-hydrogen) atoms. The molecule has 1 unspecified atom stereocenters. The second-order valence-corrected chi connectivity index (χ2v) is 5.54. The quantitative estimate of drug-likeness (QED) is 0.880. The Morgan fingerprint density at radius 2 is 2.17 bits per heavy atom. The van der Waals surface area contributed by atoms with Crippen LogP contribution in [-0.2, 0) is 6.42 Å². The molecule has 1 heterocycles. The Labute approximate surface area is 110 Å². The van der Waals surface area contributed by atoms with Gasteiger partial charge in [-0.15, -0.1) is 0 Å². The highest BCUT2D eigenvalue weighted by Crippen LogP contribution is 2.30. The van der Waals surface area contributed by atoms with Crippen LogP contribution in [0.25, 0.3) is 0 Å². The van der Waals surface area contributed by atoms with Gasteiger partial charge in [-0.2, -0.15) is 0 Å². The number of aryl methyl sites for hydroxylation is 1.